The largest absolute Gasteiger partial charge is 0.481 e. The molecule has 0 spiro atoms. The molecule has 122 valence electrons. The van der Waals surface area contributed by atoms with E-state index in [9.17, 15) is 14.7 Å². The van der Waals surface area contributed by atoms with Crippen LogP contribution in [0.2, 0.25) is 0 Å². The van der Waals surface area contributed by atoms with E-state index in [4.69, 9.17) is 5.11 Å². The monoisotopic (exact) mass is 306 g/mol. The SMILES string of the molecule is CCC(CCCC(CC)(Cc1ccccc1)C(=O)O)C(=O)O. The van der Waals surface area contributed by atoms with Gasteiger partial charge in [-0.3, -0.25) is 9.59 Å². The third kappa shape index (κ3) is 4.86. The number of carboxylic acids is 2. The molecule has 1 rings (SSSR count). The van der Waals surface area contributed by atoms with Crippen LogP contribution in [-0.2, 0) is 16.0 Å². The molecule has 0 aromatic heterocycles. The van der Waals surface area contributed by atoms with Gasteiger partial charge in [0.05, 0.1) is 11.3 Å². The van der Waals surface area contributed by atoms with Crippen LogP contribution in [0.4, 0.5) is 0 Å². The summed E-state index contributed by atoms with van der Waals surface area (Å²) in [5.41, 5.74) is 0.204. The zero-order valence-electron chi connectivity index (χ0n) is 13.4. The first-order valence-corrected chi connectivity index (χ1v) is 7.95. The van der Waals surface area contributed by atoms with Crippen molar-refractivity contribution in [3.8, 4) is 0 Å². The summed E-state index contributed by atoms with van der Waals surface area (Å²) in [5.74, 6) is -1.95. The maximum atomic E-state index is 11.8. The van der Waals surface area contributed by atoms with Gasteiger partial charge in [-0.25, -0.2) is 0 Å². The lowest BCUT2D eigenvalue weighted by atomic mass is 9.74. The van der Waals surface area contributed by atoms with Gasteiger partial charge in [0.15, 0.2) is 0 Å². The summed E-state index contributed by atoms with van der Waals surface area (Å²) in [4.78, 5) is 22.9. The van der Waals surface area contributed by atoms with Gasteiger partial charge < -0.3 is 10.2 Å². The molecule has 0 aliphatic carbocycles. The summed E-state index contributed by atoms with van der Waals surface area (Å²) in [6, 6.07) is 9.62. The number of aliphatic carboxylic acids is 2. The summed E-state index contributed by atoms with van der Waals surface area (Å²) < 4.78 is 0. The number of benzene rings is 1. The quantitative estimate of drug-likeness (QED) is 0.685. The molecule has 2 unspecified atom stereocenters. The van der Waals surface area contributed by atoms with Crippen LogP contribution in [0, 0.1) is 11.3 Å². The maximum absolute atomic E-state index is 11.8. The van der Waals surface area contributed by atoms with E-state index >= 15 is 0 Å². The van der Waals surface area contributed by atoms with Crippen LogP contribution in [0.5, 0.6) is 0 Å². The van der Waals surface area contributed by atoms with Crippen LogP contribution >= 0.6 is 0 Å². The van der Waals surface area contributed by atoms with Crippen molar-refractivity contribution >= 4 is 11.9 Å². The number of carbonyl (C=O) groups is 2. The maximum Gasteiger partial charge on any atom is 0.309 e. The standard InChI is InChI=1S/C18H26O4/c1-3-15(16(19)20)11-8-12-18(4-2,17(21)22)13-14-9-6-5-7-10-14/h5-7,9-10,15H,3-4,8,11-13H2,1-2H3,(H,19,20)(H,21,22). The molecule has 2 atom stereocenters. The van der Waals surface area contributed by atoms with E-state index in [1.807, 2.05) is 44.2 Å². The molecule has 1 aromatic carbocycles. The van der Waals surface area contributed by atoms with Crippen molar-refractivity contribution < 1.29 is 19.8 Å². The van der Waals surface area contributed by atoms with Crippen LogP contribution in [0.3, 0.4) is 0 Å². The predicted molar refractivity (Wildman–Crippen MR) is 85.8 cm³/mol. The summed E-state index contributed by atoms with van der Waals surface area (Å²) in [6.45, 7) is 3.75. The first-order chi connectivity index (χ1) is 10.4. The Morgan fingerprint density at radius 3 is 2.23 bits per heavy atom. The summed E-state index contributed by atoms with van der Waals surface area (Å²) in [6.07, 6.45) is 3.29. The molecule has 4 heteroatoms. The molecule has 0 radical (unpaired) electrons. The minimum Gasteiger partial charge on any atom is -0.481 e. The summed E-state index contributed by atoms with van der Waals surface area (Å²) in [7, 11) is 0. The van der Waals surface area contributed by atoms with Crippen molar-refractivity contribution in [2.24, 2.45) is 11.3 Å². The third-order valence-corrected chi connectivity index (χ3v) is 4.57. The number of rotatable bonds is 10. The summed E-state index contributed by atoms with van der Waals surface area (Å²) in [5, 5.41) is 18.8. The van der Waals surface area contributed by atoms with Gasteiger partial charge in [0.1, 0.15) is 0 Å². The van der Waals surface area contributed by atoms with Crippen LogP contribution < -0.4 is 0 Å². The van der Waals surface area contributed by atoms with E-state index < -0.39 is 17.4 Å². The molecule has 0 aliphatic rings. The molecule has 0 fully saturated rings. The molecule has 2 N–H and O–H groups in total. The zero-order chi connectivity index (χ0) is 16.6. The Morgan fingerprint density at radius 2 is 1.77 bits per heavy atom. The molecular formula is C18H26O4. The second kappa shape index (κ2) is 8.57. The molecule has 0 aliphatic heterocycles. The Labute approximate surface area is 132 Å². The van der Waals surface area contributed by atoms with Crippen molar-refractivity contribution in [2.75, 3.05) is 0 Å². The minimum absolute atomic E-state index is 0.375. The molecule has 22 heavy (non-hydrogen) atoms. The van der Waals surface area contributed by atoms with Crippen LogP contribution in [0.25, 0.3) is 0 Å². The fourth-order valence-electron chi connectivity index (χ4n) is 2.90. The van der Waals surface area contributed by atoms with Crippen molar-refractivity contribution in [1.82, 2.24) is 0 Å². The van der Waals surface area contributed by atoms with Gasteiger partial charge in [0, 0.05) is 0 Å². The molecule has 4 nitrogen and oxygen atoms in total. The lowest BCUT2D eigenvalue weighted by Gasteiger charge is -2.29. The molecular weight excluding hydrogens is 280 g/mol. The Morgan fingerprint density at radius 1 is 1.14 bits per heavy atom. The van der Waals surface area contributed by atoms with Crippen molar-refractivity contribution in [1.29, 1.82) is 0 Å². The third-order valence-electron chi connectivity index (χ3n) is 4.57. The molecule has 1 aromatic rings. The topological polar surface area (TPSA) is 74.6 Å². The molecule has 0 saturated carbocycles. The van der Waals surface area contributed by atoms with E-state index in [1.54, 1.807) is 0 Å². The normalized spacial score (nSPS) is 15.0. The molecule has 0 saturated heterocycles. The van der Waals surface area contributed by atoms with Crippen LogP contribution in [-0.4, -0.2) is 22.2 Å². The first-order valence-electron chi connectivity index (χ1n) is 7.95. The van der Waals surface area contributed by atoms with Crippen molar-refractivity contribution in [2.45, 2.75) is 52.4 Å². The molecule has 0 heterocycles. The van der Waals surface area contributed by atoms with Crippen LogP contribution in [0.1, 0.15) is 51.5 Å². The van der Waals surface area contributed by atoms with Crippen molar-refractivity contribution in [3.05, 3.63) is 35.9 Å². The average molecular weight is 306 g/mol. The second-order valence-electron chi connectivity index (χ2n) is 5.94. The number of hydrogen-bond donors (Lipinski definition) is 2. The van der Waals surface area contributed by atoms with Gasteiger partial charge in [0.25, 0.3) is 0 Å². The van der Waals surface area contributed by atoms with Crippen molar-refractivity contribution in [3.63, 3.8) is 0 Å². The van der Waals surface area contributed by atoms with E-state index in [0.29, 0.717) is 38.5 Å². The molecule has 0 bridgehead atoms. The smallest absolute Gasteiger partial charge is 0.309 e. The Hall–Kier alpha value is -1.84. The minimum atomic E-state index is -0.807. The summed E-state index contributed by atoms with van der Waals surface area (Å²) >= 11 is 0. The van der Waals surface area contributed by atoms with Gasteiger partial charge in [-0.15, -0.1) is 0 Å². The number of carboxylic acid groups (broad SMARTS) is 2. The van der Waals surface area contributed by atoms with Gasteiger partial charge in [-0.2, -0.15) is 0 Å². The van der Waals surface area contributed by atoms with E-state index in [-0.39, 0.29) is 5.92 Å². The van der Waals surface area contributed by atoms with E-state index in [0.717, 1.165) is 5.56 Å². The Balaban J connectivity index is 2.76. The lowest BCUT2D eigenvalue weighted by molar-refractivity contribution is -0.149. The highest BCUT2D eigenvalue weighted by Crippen LogP contribution is 2.34. The fraction of sp³-hybridized carbons (Fsp3) is 0.556. The molecule has 0 amide bonds. The van der Waals surface area contributed by atoms with E-state index in [1.165, 1.54) is 0 Å². The zero-order valence-corrected chi connectivity index (χ0v) is 13.4. The van der Waals surface area contributed by atoms with Gasteiger partial charge in [-0.05, 0) is 37.7 Å². The van der Waals surface area contributed by atoms with Gasteiger partial charge in [0.2, 0.25) is 0 Å². The fourth-order valence-corrected chi connectivity index (χ4v) is 2.90. The average Bonchev–Trinajstić information content (AvgIpc) is 2.50. The lowest BCUT2D eigenvalue weighted by Crippen LogP contribution is -2.33. The Bertz CT molecular complexity index is 483. The van der Waals surface area contributed by atoms with E-state index in [2.05, 4.69) is 0 Å². The predicted octanol–water partition coefficient (Wildman–Crippen LogP) is 3.99. The second-order valence-corrected chi connectivity index (χ2v) is 5.94. The highest BCUT2D eigenvalue weighted by atomic mass is 16.4. The number of hydrogen-bond acceptors (Lipinski definition) is 2. The van der Waals surface area contributed by atoms with Gasteiger partial charge in [-0.1, -0.05) is 50.6 Å². The Kier molecular flexibility index (Phi) is 7.09. The first kappa shape index (κ1) is 18.2. The van der Waals surface area contributed by atoms with Crippen LogP contribution in [0.15, 0.2) is 30.3 Å². The highest BCUT2D eigenvalue weighted by Gasteiger charge is 2.36. The highest BCUT2D eigenvalue weighted by molar-refractivity contribution is 5.75. The van der Waals surface area contributed by atoms with Gasteiger partial charge >= 0.3 is 11.9 Å².